The number of amides is 2. The van der Waals surface area contributed by atoms with Crippen molar-refractivity contribution in [1.82, 2.24) is 0 Å². The second-order valence-corrected chi connectivity index (χ2v) is 5.31. The third-order valence-electron chi connectivity index (χ3n) is 3.23. The van der Waals surface area contributed by atoms with Gasteiger partial charge in [-0.05, 0) is 17.7 Å². The number of hydrogen-bond acceptors (Lipinski definition) is 4. The van der Waals surface area contributed by atoms with Gasteiger partial charge in [-0.1, -0.05) is 61.2 Å². The lowest BCUT2D eigenvalue weighted by atomic mass is 10.2. The zero-order chi connectivity index (χ0) is 21.6. The summed E-state index contributed by atoms with van der Waals surface area (Å²) in [5.74, 6) is -3.08. The van der Waals surface area contributed by atoms with Gasteiger partial charge in [-0.25, -0.2) is 14.5 Å². The van der Waals surface area contributed by atoms with Crippen LogP contribution in [0.3, 0.4) is 0 Å². The van der Waals surface area contributed by atoms with Crippen LogP contribution in [0.2, 0.25) is 0 Å². The van der Waals surface area contributed by atoms with E-state index in [1.54, 1.807) is 24.3 Å². The number of carboxylic acids is 2. The summed E-state index contributed by atoms with van der Waals surface area (Å²) in [6, 6.07) is 18.9. The van der Waals surface area contributed by atoms with Crippen LogP contribution in [0.1, 0.15) is 5.56 Å². The lowest BCUT2D eigenvalue weighted by Gasteiger charge is -2.12. The summed E-state index contributed by atoms with van der Waals surface area (Å²) < 4.78 is 0. The summed E-state index contributed by atoms with van der Waals surface area (Å²) >= 11 is 0. The Balaban J connectivity index is 0.000000230. The second kappa shape index (κ2) is 12.2. The van der Waals surface area contributed by atoms with Crippen molar-refractivity contribution in [2.45, 2.75) is 0 Å². The first-order valence-corrected chi connectivity index (χ1v) is 8.27. The molecule has 1 aliphatic rings. The molecule has 0 unspecified atom stereocenters. The molecule has 2 amide bonds. The van der Waals surface area contributed by atoms with E-state index in [-0.39, 0.29) is 11.8 Å². The Bertz CT molecular complexity index is 883. The van der Waals surface area contributed by atoms with Gasteiger partial charge in [-0.3, -0.25) is 9.59 Å². The summed E-state index contributed by atoms with van der Waals surface area (Å²) in [6.45, 7) is 3.63. The zero-order valence-electron chi connectivity index (χ0n) is 15.3. The van der Waals surface area contributed by atoms with E-state index >= 15 is 0 Å². The van der Waals surface area contributed by atoms with Crippen molar-refractivity contribution >= 4 is 35.5 Å². The van der Waals surface area contributed by atoms with Crippen LogP contribution in [0.5, 0.6) is 0 Å². The van der Waals surface area contributed by atoms with E-state index in [0.29, 0.717) is 17.8 Å². The summed E-state index contributed by atoms with van der Waals surface area (Å²) in [4.78, 5) is 42.7. The van der Waals surface area contributed by atoms with Gasteiger partial charge in [0, 0.05) is 24.3 Å². The van der Waals surface area contributed by atoms with Crippen molar-refractivity contribution in [2.24, 2.45) is 0 Å². The number of hydrogen-bond donors (Lipinski definition) is 2. The fraction of sp³-hybridized carbons (Fsp3) is 0. The van der Waals surface area contributed by atoms with Crippen LogP contribution in [0.15, 0.2) is 91.5 Å². The first-order chi connectivity index (χ1) is 13.8. The quantitative estimate of drug-likeness (QED) is 0.610. The van der Waals surface area contributed by atoms with Crippen LogP contribution in [0, 0.1) is 0 Å². The highest BCUT2D eigenvalue weighted by atomic mass is 16.4. The number of rotatable bonds is 4. The van der Waals surface area contributed by atoms with Gasteiger partial charge >= 0.3 is 11.9 Å². The fourth-order valence-corrected chi connectivity index (χ4v) is 1.96. The monoisotopic (exact) mass is 393 g/mol. The third-order valence-corrected chi connectivity index (χ3v) is 3.23. The van der Waals surface area contributed by atoms with Crippen LogP contribution in [0.25, 0.3) is 6.08 Å². The maximum absolute atomic E-state index is 11.2. The van der Waals surface area contributed by atoms with Crippen molar-refractivity contribution in [3.63, 3.8) is 0 Å². The molecule has 0 aliphatic carbocycles. The highest BCUT2D eigenvalue weighted by molar-refractivity contribution is 6.28. The molecule has 2 aromatic carbocycles. The molecule has 1 heterocycles. The van der Waals surface area contributed by atoms with E-state index in [4.69, 9.17) is 10.2 Å². The third kappa shape index (κ3) is 8.78. The maximum Gasteiger partial charge on any atom is 0.328 e. The largest absolute Gasteiger partial charge is 0.478 e. The number of anilines is 1. The minimum atomic E-state index is -1.26. The molecule has 3 rings (SSSR count). The van der Waals surface area contributed by atoms with Gasteiger partial charge in [0.25, 0.3) is 11.8 Å². The Morgan fingerprint density at radius 2 is 1.17 bits per heavy atom. The Morgan fingerprint density at radius 3 is 1.52 bits per heavy atom. The minimum absolute atomic E-state index is 0.281. The van der Waals surface area contributed by atoms with E-state index in [2.05, 4.69) is 6.58 Å². The molecule has 0 bridgehead atoms. The number of benzene rings is 2. The van der Waals surface area contributed by atoms with Gasteiger partial charge in [0.05, 0.1) is 5.69 Å². The molecular formula is C22H19NO6. The van der Waals surface area contributed by atoms with Gasteiger partial charge in [0.1, 0.15) is 0 Å². The molecule has 29 heavy (non-hydrogen) atoms. The lowest BCUT2D eigenvalue weighted by Crippen LogP contribution is -2.29. The molecule has 0 fully saturated rings. The molecule has 2 aromatic rings. The van der Waals surface area contributed by atoms with Crippen molar-refractivity contribution in [3.8, 4) is 0 Å². The van der Waals surface area contributed by atoms with E-state index in [1.807, 2.05) is 42.5 Å². The molecule has 0 aromatic heterocycles. The topological polar surface area (TPSA) is 112 Å². The number of nitrogens with zero attached hydrogens (tertiary/aromatic N) is 1. The van der Waals surface area contributed by atoms with E-state index in [1.165, 1.54) is 17.7 Å². The van der Waals surface area contributed by atoms with Crippen LogP contribution < -0.4 is 4.90 Å². The molecule has 7 nitrogen and oxygen atoms in total. The number of para-hydroxylation sites is 1. The number of imide groups is 1. The Labute approximate surface area is 167 Å². The molecule has 1 aliphatic heterocycles. The Morgan fingerprint density at radius 1 is 0.759 bits per heavy atom. The highest BCUT2D eigenvalue weighted by Gasteiger charge is 2.24. The lowest BCUT2D eigenvalue weighted by molar-refractivity contribution is -0.134. The molecule has 2 N–H and O–H groups in total. The van der Waals surface area contributed by atoms with Gasteiger partial charge in [-0.15, -0.1) is 0 Å². The van der Waals surface area contributed by atoms with Crippen molar-refractivity contribution < 1.29 is 29.4 Å². The standard InChI is InChI=1S/C10H7NO2.C8H8.C4H4O4/c12-9-6-7-10(13)11(9)8-4-2-1-3-5-8;1-2-8-6-4-3-5-7-8;5-3(6)1-2-4(7)8/h1-7H;2-7H,1H2;1-2H,(H,5,6)(H,7,8). The number of carbonyl (C=O) groups is 4. The van der Waals surface area contributed by atoms with Crippen LogP contribution in [0.4, 0.5) is 5.69 Å². The molecular weight excluding hydrogens is 374 g/mol. The fourth-order valence-electron chi connectivity index (χ4n) is 1.96. The average molecular weight is 393 g/mol. The molecule has 7 heteroatoms. The van der Waals surface area contributed by atoms with Crippen molar-refractivity contribution in [3.05, 3.63) is 97.1 Å². The predicted octanol–water partition coefficient (Wildman–Crippen LogP) is 3.16. The number of aliphatic carboxylic acids is 2. The number of carboxylic acid groups (broad SMARTS) is 2. The van der Waals surface area contributed by atoms with Gasteiger partial charge in [0.2, 0.25) is 0 Å². The van der Waals surface area contributed by atoms with Gasteiger partial charge in [-0.2, -0.15) is 0 Å². The second-order valence-electron chi connectivity index (χ2n) is 5.31. The van der Waals surface area contributed by atoms with Gasteiger partial charge in [0.15, 0.2) is 0 Å². The molecule has 0 atom stereocenters. The Hall–Kier alpha value is -4.26. The molecule has 148 valence electrons. The van der Waals surface area contributed by atoms with Crippen LogP contribution in [-0.2, 0) is 19.2 Å². The zero-order valence-corrected chi connectivity index (χ0v) is 15.3. The molecule has 0 saturated heterocycles. The van der Waals surface area contributed by atoms with E-state index in [9.17, 15) is 19.2 Å². The average Bonchev–Trinajstić information content (AvgIpc) is 3.07. The summed E-state index contributed by atoms with van der Waals surface area (Å²) in [5, 5.41) is 15.6. The minimum Gasteiger partial charge on any atom is -0.478 e. The Kier molecular flexibility index (Phi) is 9.57. The SMILES string of the molecule is C=Cc1ccccc1.O=C(O)C=CC(=O)O.O=C1C=CC(=O)N1c1ccccc1. The van der Waals surface area contributed by atoms with Crippen molar-refractivity contribution in [2.75, 3.05) is 4.90 Å². The summed E-state index contributed by atoms with van der Waals surface area (Å²) in [5.41, 5.74) is 1.79. The first kappa shape index (κ1) is 22.8. The normalized spacial score (nSPS) is 11.9. The van der Waals surface area contributed by atoms with Crippen LogP contribution >= 0.6 is 0 Å². The molecule has 0 saturated carbocycles. The van der Waals surface area contributed by atoms with Gasteiger partial charge < -0.3 is 10.2 Å². The number of carbonyl (C=O) groups excluding carboxylic acids is 2. The maximum atomic E-state index is 11.2. The summed E-state index contributed by atoms with van der Waals surface area (Å²) in [7, 11) is 0. The smallest absolute Gasteiger partial charge is 0.328 e. The molecule has 0 spiro atoms. The van der Waals surface area contributed by atoms with E-state index in [0.717, 1.165) is 4.90 Å². The van der Waals surface area contributed by atoms with Crippen LogP contribution in [-0.4, -0.2) is 34.0 Å². The van der Waals surface area contributed by atoms with Crippen molar-refractivity contribution in [1.29, 1.82) is 0 Å². The first-order valence-electron chi connectivity index (χ1n) is 8.27. The molecule has 0 radical (unpaired) electrons. The predicted molar refractivity (Wildman–Crippen MR) is 109 cm³/mol. The van der Waals surface area contributed by atoms with E-state index < -0.39 is 11.9 Å². The highest BCUT2D eigenvalue weighted by Crippen LogP contribution is 2.17. The summed E-state index contributed by atoms with van der Waals surface area (Å²) in [6.07, 6.45) is 5.50.